The van der Waals surface area contributed by atoms with Crippen LogP contribution < -0.4 is 10.5 Å². The molecule has 1 saturated heterocycles. The van der Waals surface area contributed by atoms with E-state index < -0.39 is 10.0 Å². The fraction of sp³-hybridized carbons (Fsp3) is 0.700. The van der Waals surface area contributed by atoms with Crippen LogP contribution in [0.4, 0.5) is 5.82 Å². The van der Waals surface area contributed by atoms with E-state index >= 15 is 0 Å². The predicted octanol–water partition coefficient (Wildman–Crippen LogP) is -0.0575. The zero-order valence-electron chi connectivity index (χ0n) is 10.3. The molecule has 0 bridgehead atoms. The van der Waals surface area contributed by atoms with Crippen LogP contribution in [0.5, 0.6) is 0 Å². The van der Waals surface area contributed by atoms with E-state index in [1.54, 1.807) is 0 Å². The minimum atomic E-state index is -3.61. The average Bonchev–Trinajstić information content (AvgIpc) is 2.95. The first-order valence-corrected chi connectivity index (χ1v) is 7.45. The summed E-state index contributed by atoms with van der Waals surface area (Å²) in [7, 11) is -3.61. The number of nitrogens with one attached hydrogen (secondary N) is 1. The van der Waals surface area contributed by atoms with Crippen molar-refractivity contribution in [3.63, 3.8) is 0 Å². The third-order valence-electron chi connectivity index (χ3n) is 2.96. The maximum absolute atomic E-state index is 12.0. The van der Waals surface area contributed by atoms with Crippen LogP contribution in [0.3, 0.4) is 0 Å². The molecule has 8 heteroatoms. The molecule has 1 aromatic rings. The molecule has 0 spiro atoms. The summed E-state index contributed by atoms with van der Waals surface area (Å²) in [6.45, 7) is 3.36. The molecule has 18 heavy (non-hydrogen) atoms. The maximum atomic E-state index is 12.0. The fourth-order valence-corrected chi connectivity index (χ4v) is 3.05. The molecule has 0 amide bonds. The largest absolute Gasteiger partial charge is 0.383 e. The summed E-state index contributed by atoms with van der Waals surface area (Å²) in [6.07, 6.45) is 3.09. The number of aromatic nitrogens is 2. The molecule has 1 aromatic heterocycles. The van der Waals surface area contributed by atoms with Gasteiger partial charge in [-0.1, -0.05) is 0 Å². The van der Waals surface area contributed by atoms with Crippen molar-refractivity contribution < 1.29 is 13.2 Å². The summed E-state index contributed by atoms with van der Waals surface area (Å²) < 4.78 is 33.4. The van der Waals surface area contributed by atoms with Gasteiger partial charge < -0.3 is 10.5 Å². The second-order valence-electron chi connectivity index (χ2n) is 4.20. The highest BCUT2D eigenvalue weighted by Crippen LogP contribution is 2.18. The Bertz CT molecular complexity index is 505. The molecule has 0 aromatic carbocycles. The highest BCUT2D eigenvalue weighted by molar-refractivity contribution is 7.89. The Kier molecular flexibility index (Phi) is 3.88. The van der Waals surface area contributed by atoms with Gasteiger partial charge in [-0.3, -0.25) is 0 Å². The van der Waals surface area contributed by atoms with Crippen molar-refractivity contribution in [3.05, 3.63) is 6.20 Å². The maximum Gasteiger partial charge on any atom is 0.245 e. The van der Waals surface area contributed by atoms with Gasteiger partial charge in [0.15, 0.2) is 0 Å². The molecule has 0 aliphatic carbocycles. The lowest BCUT2D eigenvalue weighted by atomic mass is 10.2. The lowest BCUT2D eigenvalue weighted by Crippen LogP contribution is -2.32. The van der Waals surface area contributed by atoms with Crippen molar-refractivity contribution in [3.8, 4) is 0 Å². The number of hydrogen-bond acceptors (Lipinski definition) is 5. The van der Waals surface area contributed by atoms with E-state index in [1.165, 1.54) is 10.9 Å². The van der Waals surface area contributed by atoms with Gasteiger partial charge in [-0.2, -0.15) is 5.10 Å². The van der Waals surface area contributed by atoms with Gasteiger partial charge in [-0.25, -0.2) is 17.8 Å². The minimum absolute atomic E-state index is 0.0300. The number of aryl methyl sites for hydroxylation is 1. The summed E-state index contributed by atoms with van der Waals surface area (Å²) in [4.78, 5) is 0.0300. The fourth-order valence-electron chi connectivity index (χ4n) is 1.92. The third-order valence-corrected chi connectivity index (χ3v) is 4.40. The SMILES string of the molecule is CCn1ncc(S(=O)(=O)NCC2CCCO2)c1N. The number of hydrogen-bond donors (Lipinski definition) is 2. The van der Waals surface area contributed by atoms with Gasteiger partial charge in [0.1, 0.15) is 10.7 Å². The first kappa shape index (κ1) is 13.3. The summed E-state index contributed by atoms with van der Waals surface area (Å²) >= 11 is 0. The smallest absolute Gasteiger partial charge is 0.245 e. The monoisotopic (exact) mass is 274 g/mol. The van der Waals surface area contributed by atoms with E-state index in [2.05, 4.69) is 9.82 Å². The van der Waals surface area contributed by atoms with Crippen LogP contribution in [0.15, 0.2) is 11.1 Å². The van der Waals surface area contributed by atoms with Crippen LogP contribution in [0.25, 0.3) is 0 Å². The second kappa shape index (κ2) is 5.25. The van der Waals surface area contributed by atoms with Gasteiger partial charge in [-0.15, -0.1) is 0 Å². The number of nitrogens with zero attached hydrogens (tertiary/aromatic N) is 2. The second-order valence-corrected chi connectivity index (χ2v) is 5.93. The standard InChI is InChI=1S/C10H18N4O3S/c1-2-14-10(11)9(7-12-14)18(15,16)13-6-8-4-3-5-17-8/h7-8,13H,2-6,11H2,1H3. The zero-order valence-corrected chi connectivity index (χ0v) is 11.1. The molecular formula is C10H18N4O3S. The summed E-state index contributed by atoms with van der Waals surface area (Å²) in [5.74, 6) is 0.164. The van der Waals surface area contributed by atoms with Crippen LogP contribution in [-0.4, -0.2) is 37.5 Å². The molecule has 7 nitrogen and oxygen atoms in total. The molecule has 1 aliphatic heterocycles. The molecule has 1 aliphatic rings. The van der Waals surface area contributed by atoms with Crippen molar-refractivity contribution in [1.82, 2.24) is 14.5 Å². The Morgan fingerprint density at radius 1 is 1.67 bits per heavy atom. The molecule has 0 radical (unpaired) electrons. The van der Waals surface area contributed by atoms with Crippen LogP contribution >= 0.6 is 0 Å². The van der Waals surface area contributed by atoms with Crippen LogP contribution in [0.1, 0.15) is 19.8 Å². The number of rotatable bonds is 5. The van der Waals surface area contributed by atoms with Crippen molar-refractivity contribution in [2.75, 3.05) is 18.9 Å². The molecular weight excluding hydrogens is 256 g/mol. The molecule has 3 N–H and O–H groups in total. The summed E-state index contributed by atoms with van der Waals surface area (Å²) in [6, 6.07) is 0. The normalized spacial score (nSPS) is 20.4. The number of ether oxygens (including phenoxy) is 1. The highest BCUT2D eigenvalue weighted by Gasteiger charge is 2.24. The molecule has 102 valence electrons. The Hall–Kier alpha value is -1.12. The first-order chi connectivity index (χ1) is 8.54. The third kappa shape index (κ3) is 2.65. The Labute approximate surface area is 106 Å². The van der Waals surface area contributed by atoms with Crippen molar-refractivity contribution in [2.24, 2.45) is 0 Å². The topological polar surface area (TPSA) is 99.2 Å². The molecule has 0 saturated carbocycles. The minimum Gasteiger partial charge on any atom is -0.383 e. The molecule has 2 heterocycles. The van der Waals surface area contributed by atoms with Gasteiger partial charge in [0, 0.05) is 19.7 Å². The van der Waals surface area contributed by atoms with E-state index in [-0.39, 0.29) is 23.4 Å². The average molecular weight is 274 g/mol. The van der Waals surface area contributed by atoms with Gasteiger partial charge in [0.2, 0.25) is 10.0 Å². The number of sulfonamides is 1. The number of anilines is 1. The van der Waals surface area contributed by atoms with Gasteiger partial charge in [0.25, 0.3) is 0 Å². The van der Waals surface area contributed by atoms with Crippen molar-refractivity contribution in [1.29, 1.82) is 0 Å². The van der Waals surface area contributed by atoms with Crippen molar-refractivity contribution in [2.45, 2.75) is 37.3 Å². The van der Waals surface area contributed by atoms with E-state index in [1.807, 2.05) is 6.92 Å². The first-order valence-electron chi connectivity index (χ1n) is 5.97. The van der Waals surface area contributed by atoms with Gasteiger partial charge in [-0.05, 0) is 19.8 Å². The van der Waals surface area contributed by atoms with E-state index in [0.717, 1.165) is 12.8 Å². The van der Waals surface area contributed by atoms with Crippen molar-refractivity contribution >= 4 is 15.8 Å². The molecule has 2 rings (SSSR count). The van der Waals surface area contributed by atoms with Gasteiger partial charge in [0.05, 0.1) is 12.3 Å². The summed E-state index contributed by atoms with van der Waals surface area (Å²) in [5.41, 5.74) is 5.73. The zero-order chi connectivity index (χ0) is 13.2. The predicted molar refractivity (Wildman–Crippen MR) is 66.5 cm³/mol. The molecule has 1 unspecified atom stereocenters. The lowest BCUT2D eigenvalue weighted by Gasteiger charge is -2.11. The Balaban J connectivity index is 2.07. The Morgan fingerprint density at radius 3 is 3.00 bits per heavy atom. The summed E-state index contributed by atoms with van der Waals surface area (Å²) in [5, 5.41) is 3.92. The quantitative estimate of drug-likeness (QED) is 0.784. The number of nitrogen functional groups attached to an aromatic ring is 1. The lowest BCUT2D eigenvalue weighted by molar-refractivity contribution is 0.114. The van der Waals surface area contributed by atoms with Crippen LogP contribution in [0, 0.1) is 0 Å². The van der Waals surface area contributed by atoms with E-state index in [4.69, 9.17) is 10.5 Å². The molecule has 1 fully saturated rings. The van der Waals surface area contributed by atoms with E-state index in [0.29, 0.717) is 13.2 Å². The number of nitrogens with two attached hydrogens (primary N) is 1. The van der Waals surface area contributed by atoms with Crippen LogP contribution in [-0.2, 0) is 21.3 Å². The molecule has 1 atom stereocenters. The highest BCUT2D eigenvalue weighted by atomic mass is 32.2. The van der Waals surface area contributed by atoms with E-state index in [9.17, 15) is 8.42 Å². The Morgan fingerprint density at radius 2 is 2.44 bits per heavy atom. The van der Waals surface area contributed by atoms with Gasteiger partial charge >= 0.3 is 0 Å². The van der Waals surface area contributed by atoms with Crippen LogP contribution in [0.2, 0.25) is 0 Å².